The van der Waals surface area contributed by atoms with Gasteiger partial charge in [-0.1, -0.05) is 39.3 Å². The minimum Gasteiger partial charge on any atom is -0.464 e. The minimum atomic E-state index is -0.425. The molecular formula is C16H16N4O4S2. The van der Waals surface area contributed by atoms with Gasteiger partial charge in [-0.15, -0.1) is 10.2 Å². The standard InChI is InChI=1S/C11H10N2O2S.C5H6N2O2S/c1-2-15-11(14)9-10(16-13-12-9)8-6-4-3-5-7-8;1-3-4(5(8)9-2)6-7-10-3/h3-7H,2H2,1H3;1-2H3. The van der Waals surface area contributed by atoms with Crippen LogP contribution in [0.25, 0.3) is 10.4 Å². The summed E-state index contributed by atoms with van der Waals surface area (Å²) in [6.07, 6.45) is 0. The van der Waals surface area contributed by atoms with Gasteiger partial charge in [-0.25, -0.2) is 9.59 Å². The number of rotatable bonds is 4. The summed E-state index contributed by atoms with van der Waals surface area (Å²) in [6, 6.07) is 9.56. The molecule has 2 aromatic heterocycles. The second-order valence-electron chi connectivity index (χ2n) is 4.71. The molecule has 0 spiro atoms. The number of aryl methyl sites for hydroxylation is 1. The molecule has 3 aromatic rings. The van der Waals surface area contributed by atoms with E-state index in [2.05, 4.69) is 23.9 Å². The molecule has 0 aliphatic heterocycles. The van der Waals surface area contributed by atoms with Gasteiger partial charge in [0, 0.05) is 0 Å². The number of methoxy groups -OCH3 is 1. The van der Waals surface area contributed by atoms with Crippen molar-refractivity contribution in [3.63, 3.8) is 0 Å². The normalized spacial score (nSPS) is 9.81. The van der Waals surface area contributed by atoms with E-state index in [1.54, 1.807) is 13.8 Å². The van der Waals surface area contributed by atoms with Gasteiger partial charge in [0.1, 0.15) is 0 Å². The number of carbonyl (C=O) groups is 2. The van der Waals surface area contributed by atoms with E-state index >= 15 is 0 Å². The van der Waals surface area contributed by atoms with Crippen LogP contribution in [0.2, 0.25) is 0 Å². The molecule has 0 saturated carbocycles. The molecule has 0 aliphatic rings. The maximum absolute atomic E-state index is 11.6. The molecule has 0 aliphatic carbocycles. The lowest BCUT2D eigenvalue weighted by Gasteiger charge is -2.00. The molecule has 2 heterocycles. The minimum absolute atomic E-state index is 0.290. The molecule has 0 bridgehead atoms. The number of benzene rings is 1. The predicted molar refractivity (Wildman–Crippen MR) is 97.3 cm³/mol. The van der Waals surface area contributed by atoms with Crippen LogP contribution in [0.15, 0.2) is 30.3 Å². The smallest absolute Gasteiger partial charge is 0.360 e. The summed E-state index contributed by atoms with van der Waals surface area (Å²) in [4.78, 5) is 23.9. The highest BCUT2D eigenvalue weighted by Gasteiger charge is 2.18. The van der Waals surface area contributed by atoms with E-state index in [9.17, 15) is 9.59 Å². The van der Waals surface area contributed by atoms with Gasteiger partial charge in [-0.2, -0.15) is 0 Å². The third-order valence-electron chi connectivity index (χ3n) is 3.02. The summed E-state index contributed by atoms with van der Waals surface area (Å²) in [6.45, 7) is 3.88. The van der Waals surface area contributed by atoms with Gasteiger partial charge < -0.3 is 9.47 Å². The molecule has 0 amide bonds. The van der Waals surface area contributed by atoms with E-state index in [1.807, 2.05) is 30.3 Å². The Labute approximate surface area is 158 Å². The summed E-state index contributed by atoms with van der Waals surface area (Å²) in [7, 11) is 1.32. The fraction of sp³-hybridized carbons (Fsp3) is 0.250. The SMILES string of the molecule is CCOC(=O)c1nnsc1-c1ccccc1.COC(=O)c1nnsc1C. The highest BCUT2D eigenvalue weighted by atomic mass is 32.1. The predicted octanol–water partition coefficient (Wildman–Crippen LogP) is 3.01. The van der Waals surface area contributed by atoms with Gasteiger partial charge in [0.15, 0.2) is 11.4 Å². The molecule has 3 rings (SSSR count). The van der Waals surface area contributed by atoms with Gasteiger partial charge in [0.05, 0.1) is 23.5 Å². The van der Waals surface area contributed by atoms with E-state index in [1.165, 1.54) is 30.2 Å². The molecule has 0 atom stereocenters. The first-order valence-electron chi connectivity index (χ1n) is 7.50. The molecule has 8 nitrogen and oxygen atoms in total. The molecule has 0 radical (unpaired) electrons. The number of ether oxygens (including phenoxy) is 2. The Morgan fingerprint density at radius 2 is 1.65 bits per heavy atom. The summed E-state index contributed by atoms with van der Waals surface area (Å²) in [5.74, 6) is -0.846. The molecule has 0 unspecified atom stereocenters. The van der Waals surface area contributed by atoms with E-state index in [0.29, 0.717) is 12.3 Å². The van der Waals surface area contributed by atoms with Crippen LogP contribution in [0.1, 0.15) is 32.8 Å². The van der Waals surface area contributed by atoms with Crippen LogP contribution in [0.3, 0.4) is 0 Å². The van der Waals surface area contributed by atoms with Gasteiger partial charge in [0.2, 0.25) is 0 Å². The quantitative estimate of drug-likeness (QED) is 0.624. The third kappa shape index (κ3) is 4.90. The van der Waals surface area contributed by atoms with E-state index < -0.39 is 11.9 Å². The van der Waals surface area contributed by atoms with Crippen LogP contribution in [-0.4, -0.2) is 44.8 Å². The average molecular weight is 392 g/mol. The van der Waals surface area contributed by atoms with Crippen LogP contribution in [0.5, 0.6) is 0 Å². The second kappa shape index (κ2) is 9.68. The number of esters is 2. The lowest BCUT2D eigenvalue weighted by atomic mass is 10.1. The zero-order valence-corrected chi connectivity index (χ0v) is 16.0. The molecule has 26 heavy (non-hydrogen) atoms. The lowest BCUT2D eigenvalue weighted by molar-refractivity contribution is 0.0519. The van der Waals surface area contributed by atoms with Crippen molar-refractivity contribution >= 4 is 35.0 Å². The van der Waals surface area contributed by atoms with Gasteiger partial charge in [-0.05, 0) is 42.5 Å². The monoisotopic (exact) mass is 392 g/mol. The lowest BCUT2D eigenvalue weighted by Crippen LogP contribution is -2.06. The van der Waals surface area contributed by atoms with Crippen molar-refractivity contribution in [2.24, 2.45) is 0 Å². The Balaban J connectivity index is 0.000000209. The molecule has 1 aromatic carbocycles. The highest BCUT2D eigenvalue weighted by molar-refractivity contribution is 7.09. The molecule has 0 N–H and O–H groups in total. The first-order chi connectivity index (χ1) is 12.6. The van der Waals surface area contributed by atoms with Crippen molar-refractivity contribution in [1.82, 2.24) is 19.2 Å². The number of hydrogen-bond acceptors (Lipinski definition) is 10. The Morgan fingerprint density at radius 1 is 1.00 bits per heavy atom. The van der Waals surface area contributed by atoms with Crippen LogP contribution in [0.4, 0.5) is 0 Å². The van der Waals surface area contributed by atoms with Gasteiger partial charge in [0.25, 0.3) is 0 Å². The van der Waals surface area contributed by atoms with Crippen molar-refractivity contribution in [1.29, 1.82) is 0 Å². The Morgan fingerprint density at radius 3 is 2.23 bits per heavy atom. The van der Waals surface area contributed by atoms with Gasteiger partial charge >= 0.3 is 11.9 Å². The topological polar surface area (TPSA) is 104 Å². The largest absolute Gasteiger partial charge is 0.464 e. The second-order valence-corrected chi connectivity index (χ2v) is 6.42. The molecule has 0 saturated heterocycles. The summed E-state index contributed by atoms with van der Waals surface area (Å²) in [5.41, 5.74) is 1.53. The maximum atomic E-state index is 11.6. The number of hydrogen-bond donors (Lipinski definition) is 0. The highest BCUT2D eigenvalue weighted by Crippen LogP contribution is 2.26. The fourth-order valence-corrected chi connectivity index (χ4v) is 2.93. The number of carbonyl (C=O) groups excluding carboxylic acids is 2. The molecule has 10 heteroatoms. The number of aromatic nitrogens is 4. The van der Waals surface area contributed by atoms with E-state index in [4.69, 9.17) is 4.74 Å². The van der Waals surface area contributed by atoms with E-state index in [-0.39, 0.29) is 5.69 Å². The van der Waals surface area contributed by atoms with Crippen LogP contribution < -0.4 is 0 Å². The zero-order chi connectivity index (χ0) is 18.9. The van der Waals surface area contributed by atoms with Crippen molar-refractivity contribution < 1.29 is 19.1 Å². The van der Waals surface area contributed by atoms with Crippen molar-refractivity contribution in [2.75, 3.05) is 13.7 Å². The zero-order valence-electron chi connectivity index (χ0n) is 14.3. The van der Waals surface area contributed by atoms with Crippen LogP contribution in [0, 0.1) is 6.92 Å². The van der Waals surface area contributed by atoms with Crippen molar-refractivity contribution in [2.45, 2.75) is 13.8 Å². The first-order valence-corrected chi connectivity index (χ1v) is 9.05. The van der Waals surface area contributed by atoms with Crippen LogP contribution >= 0.6 is 23.1 Å². The Kier molecular flexibility index (Phi) is 7.30. The molecule has 136 valence electrons. The van der Waals surface area contributed by atoms with Crippen molar-refractivity contribution in [3.8, 4) is 10.4 Å². The maximum Gasteiger partial charge on any atom is 0.360 e. The fourth-order valence-electron chi connectivity index (χ4n) is 1.82. The van der Waals surface area contributed by atoms with Crippen LogP contribution in [-0.2, 0) is 9.47 Å². The third-order valence-corrected chi connectivity index (χ3v) is 4.43. The molecular weight excluding hydrogens is 376 g/mol. The Hall–Kier alpha value is -2.72. The number of nitrogens with zero attached hydrogens (tertiary/aromatic N) is 4. The first kappa shape index (κ1) is 19.6. The summed E-state index contributed by atoms with van der Waals surface area (Å²) < 4.78 is 16.7. The van der Waals surface area contributed by atoms with E-state index in [0.717, 1.165) is 15.3 Å². The Bertz CT molecular complexity index is 864. The van der Waals surface area contributed by atoms with Crippen molar-refractivity contribution in [3.05, 3.63) is 46.6 Å². The van der Waals surface area contributed by atoms with Gasteiger partial charge in [-0.3, -0.25) is 0 Å². The summed E-state index contributed by atoms with van der Waals surface area (Å²) in [5, 5.41) is 7.39. The summed E-state index contributed by atoms with van der Waals surface area (Å²) >= 11 is 2.38. The average Bonchev–Trinajstić information content (AvgIpc) is 3.31. The molecule has 0 fully saturated rings.